The maximum absolute atomic E-state index is 12.6. The normalized spacial score (nSPS) is 11.4. The van der Waals surface area contributed by atoms with Gasteiger partial charge < -0.3 is 10.6 Å². The number of nitrogens with one attached hydrogen (secondary N) is 2. The number of nitrogens with zero attached hydrogens (tertiary/aromatic N) is 2. The van der Waals surface area contributed by atoms with Crippen LogP contribution in [-0.2, 0) is 17.4 Å². The SMILES string of the molecule is CC(C)C(=O)Cc1cc(C(=O)NCCCNc2ncc(C(F)(F)F)cc2Cl)ccn1. The Morgan fingerprint density at radius 1 is 1.17 bits per heavy atom. The van der Waals surface area contributed by atoms with Gasteiger partial charge in [-0.25, -0.2) is 4.98 Å². The molecule has 2 aromatic rings. The fourth-order valence-electron chi connectivity index (χ4n) is 2.42. The summed E-state index contributed by atoms with van der Waals surface area (Å²) in [6.45, 7) is 4.29. The molecule has 0 bridgehead atoms. The van der Waals surface area contributed by atoms with Crippen LogP contribution in [0.3, 0.4) is 0 Å². The number of anilines is 1. The first-order chi connectivity index (χ1) is 14.1. The Kier molecular flexibility index (Phi) is 8.16. The molecule has 6 nitrogen and oxygen atoms in total. The van der Waals surface area contributed by atoms with E-state index in [-0.39, 0.29) is 34.9 Å². The summed E-state index contributed by atoms with van der Waals surface area (Å²) in [6.07, 6.45) is -1.65. The summed E-state index contributed by atoms with van der Waals surface area (Å²) in [5.74, 6) is -0.225. The molecule has 0 saturated heterocycles. The van der Waals surface area contributed by atoms with Crippen molar-refractivity contribution in [3.8, 4) is 0 Å². The fraction of sp³-hybridized carbons (Fsp3) is 0.400. The fourth-order valence-corrected chi connectivity index (χ4v) is 2.65. The molecule has 0 aliphatic carbocycles. The number of pyridine rings is 2. The van der Waals surface area contributed by atoms with Crippen molar-refractivity contribution in [1.82, 2.24) is 15.3 Å². The maximum atomic E-state index is 12.6. The zero-order chi connectivity index (χ0) is 22.3. The minimum atomic E-state index is -4.51. The van der Waals surface area contributed by atoms with E-state index in [0.717, 1.165) is 6.07 Å². The van der Waals surface area contributed by atoms with Gasteiger partial charge >= 0.3 is 6.18 Å². The van der Waals surface area contributed by atoms with Crippen LogP contribution in [0.15, 0.2) is 30.6 Å². The van der Waals surface area contributed by atoms with Gasteiger partial charge in [-0.3, -0.25) is 14.6 Å². The number of ketones is 1. The first-order valence-electron chi connectivity index (χ1n) is 9.30. The third-order valence-corrected chi connectivity index (χ3v) is 4.47. The molecule has 0 aliphatic heterocycles. The number of aromatic nitrogens is 2. The molecule has 10 heteroatoms. The molecule has 0 aliphatic rings. The Hall–Kier alpha value is -2.68. The monoisotopic (exact) mass is 442 g/mol. The van der Waals surface area contributed by atoms with Crippen LogP contribution >= 0.6 is 11.6 Å². The third-order valence-electron chi connectivity index (χ3n) is 4.18. The van der Waals surface area contributed by atoms with Crippen molar-refractivity contribution in [2.24, 2.45) is 5.92 Å². The minimum Gasteiger partial charge on any atom is -0.369 e. The molecule has 0 radical (unpaired) electrons. The summed E-state index contributed by atoms with van der Waals surface area (Å²) in [6, 6.07) is 3.95. The highest BCUT2D eigenvalue weighted by molar-refractivity contribution is 6.32. The third kappa shape index (κ3) is 6.98. The van der Waals surface area contributed by atoms with Crippen LogP contribution in [-0.4, -0.2) is 34.7 Å². The Morgan fingerprint density at radius 2 is 1.90 bits per heavy atom. The van der Waals surface area contributed by atoms with E-state index in [1.54, 1.807) is 26.0 Å². The van der Waals surface area contributed by atoms with Crippen LogP contribution in [0, 0.1) is 5.92 Å². The van der Waals surface area contributed by atoms with Crippen LogP contribution in [0.5, 0.6) is 0 Å². The van der Waals surface area contributed by atoms with Crippen molar-refractivity contribution < 1.29 is 22.8 Å². The van der Waals surface area contributed by atoms with Gasteiger partial charge in [-0.05, 0) is 24.6 Å². The van der Waals surface area contributed by atoms with Gasteiger partial charge in [0.2, 0.25) is 0 Å². The average Bonchev–Trinajstić information content (AvgIpc) is 2.68. The van der Waals surface area contributed by atoms with Crippen LogP contribution in [0.1, 0.15) is 41.9 Å². The molecule has 0 aromatic carbocycles. The molecule has 2 aromatic heterocycles. The Balaban J connectivity index is 1.80. The number of halogens is 4. The summed E-state index contributed by atoms with van der Waals surface area (Å²) in [5.41, 5.74) is 0.0140. The van der Waals surface area contributed by atoms with Gasteiger partial charge in [0.05, 0.1) is 10.6 Å². The van der Waals surface area contributed by atoms with Gasteiger partial charge in [-0.2, -0.15) is 13.2 Å². The van der Waals surface area contributed by atoms with Gasteiger partial charge in [-0.1, -0.05) is 25.4 Å². The molecule has 0 fully saturated rings. The molecule has 2 heterocycles. The lowest BCUT2D eigenvalue weighted by Gasteiger charge is -2.11. The largest absolute Gasteiger partial charge is 0.417 e. The number of alkyl halides is 3. The van der Waals surface area contributed by atoms with Gasteiger partial charge in [-0.15, -0.1) is 0 Å². The highest BCUT2D eigenvalue weighted by Gasteiger charge is 2.31. The first-order valence-corrected chi connectivity index (χ1v) is 9.68. The highest BCUT2D eigenvalue weighted by atomic mass is 35.5. The van der Waals surface area contributed by atoms with Crippen LogP contribution < -0.4 is 10.6 Å². The molecule has 2 N–H and O–H groups in total. The number of Topliss-reactive ketones (excluding diaryl/α,β-unsaturated/α-hetero) is 1. The van der Waals surface area contributed by atoms with Crippen molar-refractivity contribution in [2.45, 2.75) is 32.9 Å². The van der Waals surface area contributed by atoms with E-state index >= 15 is 0 Å². The number of carbonyl (C=O) groups is 2. The Morgan fingerprint density at radius 3 is 2.53 bits per heavy atom. The van der Waals surface area contributed by atoms with Gasteiger partial charge in [0, 0.05) is 49.1 Å². The van der Waals surface area contributed by atoms with Crippen molar-refractivity contribution in [2.75, 3.05) is 18.4 Å². The maximum Gasteiger partial charge on any atom is 0.417 e. The van der Waals surface area contributed by atoms with Crippen LogP contribution in [0.25, 0.3) is 0 Å². The van der Waals surface area contributed by atoms with Crippen molar-refractivity contribution in [3.05, 3.63) is 52.4 Å². The standard InChI is InChI=1S/C20H22ClF3N4O2/c1-12(2)17(29)10-15-8-13(4-7-25-15)19(30)27-6-3-5-26-18-16(21)9-14(11-28-18)20(22,23)24/h4,7-9,11-12H,3,5-6,10H2,1-2H3,(H,26,28)(H,27,30). The second-order valence-electron chi connectivity index (χ2n) is 6.92. The smallest absolute Gasteiger partial charge is 0.369 e. The first kappa shape index (κ1) is 23.6. The molecule has 0 saturated carbocycles. The summed E-state index contributed by atoms with van der Waals surface area (Å²) < 4.78 is 37.8. The Labute approximate surface area is 177 Å². The van der Waals surface area contributed by atoms with Crippen molar-refractivity contribution in [1.29, 1.82) is 0 Å². The number of rotatable bonds is 9. The molecule has 0 unspecified atom stereocenters. The second kappa shape index (κ2) is 10.4. The topological polar surface area (TPSA) is 84.0 Å². The molecule has 2 rings (SSSR count). The molecular formula is C20H22ClF3N4O2. The van der Waals surface area contributed by atoms with E-state index < -0.39 is 11.7 Å². The molecule has 162 valence electrons. The van der Waals surface area contributed by atoms with Gasteiger partial charge in [0.25, 0.3) is 5.91 Å². The summed E-state index contributed by atoms with van der Waals surface area (Å²) in [5, 5.41) is 5.45. The Bertz CT molecular complexity index is 904. The van der Waals surface area contributed by atoms with E-state index in [2.05, 4.69) is 20.6 Å². The summed E-state index contributed by atoms with van der Waals surface area (Å²) in [4.78, 5) is 31.9. The van der Waals surface area contributed by atoms with E-state index in [1.165, 1.54) is 6.20 Å². The van der Waals surface area contributed by atoms with Crippen molar-refractivity contribution >= 4 is 29.1 Å². The van der Waals surface area contributed by atoms with Gasteiger partial charge in [0.1, 0.15) is 11.6 Å². The minimum absolute atomic E-state index is 0.0432. The summed E-state index contributed by atoms with van der Waals surface area (Å²) >= 11 is 5.82. The molecule has 0 spiro atoms. The molecule has 30 heavy (non-hydrogen) atoms. The lowest BCUT2D eigenvalue weighted by atomic mass is 10.0. The number of hydrogen-bond acceptors (Lipinski definition) is 5. The zero-order valence-electron chi connectivity index (χ0n) is 16.5. The molecular weight excluding hydrogens is 421 g/mol. The lowest BCUT2D eigenvalue weighted by Crippen LogP contribution is -2.26. The van der Waals surface area contributed by atoms with E-state index in [4.69, 9.17) is 11.6 Å². The van der Waals surface area contributed by atoms with Crippen molar-refractivity contribution in [3.63, 3.8) is 0 Å². The predicted octanol–water partition coefficient (Wildman–Crippen LogP) is 4.15. The highest BCUT2D eigenvalue weighted by Crippen LogP contribution is 2.32. The number of hydrogen-bond donors (Lipinski definition) is 2. The second-order valence-corrected chi connectivity index (χ2v) is 7.33. The van der Waals surface area contributed by atoms with Crippen LogP contribution in [0.2, 0.25) is 5.02 Å². The van der Waals surface area contributed by atoms with E-state index in [0.29, 0.717) is 37.0 Å². The summed E-state index contributed by atoms with van der Waals surface area (Å²) in [7, 11) is 0. The average molecular weight is 443 g/mol. The number of amides is 1. The zero-order valence-corrected chi connectivity index (χ0v) is 17.3. The quantitative estimate of drug-likeness (QED) is 0.570. The van der Waals surface area contributed by atoms with Crippen LogP contribution in [0.4, 0.5) is 19.0 Å². The predicted molar refractivity (Wildman–Crippen MR) is 107 cm³/mol. The molecule has 1 amide bonds. The molecule has 0 atom stereocenters. The van der Waals surface area contributed by atoms with E-state index in [9.17, 15) is 22.8 Å². The van der Waals surface area contributed by atoms with E-state index in [1.807, 2.05) is 0 Å². The lowest BCUT2D eigenvalue weighted by molar-refractivity contribution is -0.137. The number of carbonyl (C=O) groups excluding carboxylic acids is 2. The van der Waals surface area contributed by atoms with Gasteiger partial charge in [0.15, 0.2) is 0 Å².